The van der Waals surface area contributed by atoms with Gasteiger partial charge >= 0.3 is 6.18 Å². The lowest BCUT2D eigenvalue weighted by atomic mass is 10.3. The van der Waals surface area contributed by atoms with Gasteiger partial charge in [0.2, 0.25) is 0 Å². The summed E-state index contributed by atoms with van der Waals surface area (Å²) in [6.07, 6.45) is -3.27. The number of aromatic nitrogens is 2. The molecule has 0 bridgehead atoms. The smallest absolute Gasteiger partial charge is 0.311 e. The number of hydrogen-bond donors (Lipinski definition) is 1. The number of imidazole rings is 1. The lowest BCUT2D eigenvalue weighted by Crippen LogP contribution is -2.22. The first kappa shape index (κ1) is 14.6. The van der Waals surface area contributed by atoms with Crippen molar-refractivity contribution in [1.82, 2.24) is 14.9 Å². The highest BCUT2D eigenvalue weighted by atomic mass is 19.4. The van der Waals surface area contributed by atoms with E-state index >= 15 is 0 Å². The zero-order chi connectivity index (χ0) is 14.6. The quantitative estimate of drug-likeness (QED) is 0.854. The highest BCUT2D eigenvalue weighted by Crippen LogP contribution is 2.18. The molecule has 3 nitrogen and oxygen atoms in total. The summed E-state index contributed by atoms with van der Waals surface area (Å²) in [6.45, 7) is 2.13. The molecule has 0 aliphatic rings. The number of hydrogen-bond acceptors (Lipinski definition) is 2. The summed E-state index contributed by atoms with van der Waals surface area (Å²) in [7, 11) is 0. The fourth-order valence-electron chi connectivity index (χ4n) is 1.99. The number of rotatable bonds is 5. The minimum absolute atomic E-state index is 0.0947. The third-order valence-corrected chi connectivity index (χ3v) is 2.92. The predicted molar refractivity (Wildman–Crippen MR) is 70.7 cm³/mol. The Labute approximate surface area is 115 Å². The van der Waals surface area contributed by atoms with E-state index in [4.69, 9.17) is 0 Å². The van der Waals surface area contributed by atoms with Gasteiger partial charge in [-0.1, -0.05) is 18.2 Å². The number of aryl methyl sites for hydroxylation is 1. The maximum atomic E-state index is 12.1. The molecule has 2 rings (SSSR count). The minimum Gasteiger partial charge on any atom is -0.311 e. The van der Waals surface area contributed by atoms with Gasteiger partial charge in [0.25, 0.3) is 0 Å². The highest BCUT2D eigenvalue weighted by Gasteiger charge is 2.25. The Morgan fingerprint density at radius 2 is 1.90 bits per heavy atom. The van der Waals surface area contributed by atoms with Gasteiger partial charge < -0.3 is 5.32 Å². The number of nitrogens with zero attached hydrogens (tertiary/aromatic N) is 2. The molecular weight excluding hydrogens is 267 g/mol. The van der Waals surface area contributed by atoms with Crippen LogP contribution in [0.15, 0.2) is 36.5 Å². The van der Waals surface area contributed by atoms with Crippen molar-refractivity contribution in [3.63, 3.8) is 0 Å². The van der Waals surface area contributed by atoms with Gasteiger partial charge in [0.05, 0.1) is 18.3 Å². The molecule has 0 amide bonds. The summed E-state index contributed by atoms with van der Waals surface area (Å²) in [5.41, 5.74) is 1.80. The largest absolute Gasteiger partial charge is 0.390 e. The van der Waals surface area contributed by atoms with Crippen LogP contribution < -0.4 is 5.32 Å². The molecule has 0 saturated heterocycles. The fourth-order valence-corrected chi connectivity index (χ4v) is 1.99. The number of benzene rings is 1. The third-order valence-electron chi connectivity index (χ3n) is 2.92. The van der Waals surface area contributed by atoms with E-state index in [1.807, 2.05) is 41.8 Å². The zero-order valence-electron chi connectivity index (χ0n) is 11.1. The summed E-state index contributed by atoms with van der Waals surface area (Å²) in [5.74, 6) is 0.809. The summed E-state index contributed by atoms with van der Waals surface area (Å²) < 4.78 is 38.1. The molecule has 0 fully saturated rings. The Kier molecular flexibility index (Phi) is 4.44. The Hall–Kier alpha value is -1.82. The van der Waals surface area contributed by atoms with Gasteiger partial charge in [-0.3, -0.25) is 4.57 Å². The van der Waals surface area contributed by atoms with Crippen molar-refractivity contribution in [2.24, 2.45) is 0 Å². The van der Waals surface area contributed by atoms with Gasteiger partial charge in [-0.05, 0) is 19.1 Å². The normalized spacial score (nSPS) is 11.8. The molecule has 0 aliphatic carbocycles. The second kappa shape index (κ2) is 6.09. The standard InChI is InChI=1S/C14H16F3N3/c1-11-19-10-13(9-18-8-7-14(15,16)17)20(11)12-5-3-2-4-6-12/h2-6,10,18H,7-9H2,1H3. The van der Waals surface area contributed by atoms with Crippen LogP contribution in [-0.2, 0) is 6.54 Å². The summed E-state index contributed by atoms with van der Waals surface area (Å²) in [6, 6.07) is 9.62. The number of alkyl halides is 3. The number of para-hydroxylation sites is 1. The minimum atomic E-state index is -4.12. The van der Waals surface area contributed by atoms with Crippen molar-refractivity contribution in [2.75, 3.05) is 6.54 Å². The van der Waals surface area contributed by atoms with Crippen molar-refractivity contribution in [2.45, 2.75) is 26.1 Å². The molecule has 0 unspecified atom stereocenters. The van der Waals surface area contributed by atoms with Gasteiger partial charge in [0.15, 0.2) is 0 Å². The van der Waals surface area contributed by atoms with Crippen LogP contribution in [-0.4, -0.2) is 22.3 Å². The zero-order valence-corrected chi connectivity index (χ0v) is 11.1. The molecule has 2 aromatic rings. The molecule has 1 aromatic heterocycles. The van der Waals surface area contributed by atoms with Crippen LogP contribution in [0.3, 0.4) is 0 Å². The van der Waals surface area contributed by atoms with Crippen molar-refractivity contribution in [1.29, 1.82) is 0 Å². The Morgan fingerprint density at radius 3 is 2.55 bits per heavy atom. The Morgan fingerprint density at radius 1 is 1.20 bits per heavy atom. The summed E-state index contributed by atoms with van der Waals surface area (Å²) >= 11 is 0. The van der Waals surface area contributed by atoms with Crippen LogP contribution >= 0.6 is 0 Å². The number of halogens is 3. The van der Waals surface area contributed by atoms with E-state index in [1.165, 1.54) is 0 Å². The molecule has 0 saturated carbocycles. The monoisotopic (exact) mass is 283 g/mol. The molecule has 0 radical (unpaired) electrons. The summed E-state index contributed by atoms with van der Waals surface area (Å²) in [5, 5.41) is 2.80. The first-order valence-electron chi connectivity index (χ1n) is 6.33. The third kappa shape index (κ3) is 3.84. The van der Waals surface area contributed by atoms with E-state index in [0.717, 1.165) is 17.2 Å². The van der Waals surface area contributed by atoms with Crippen molar-refractivity contribution in [3.05, 3.63) is 48.0 Å². The topological polar surface area (TPSA) is 29.9 Å². The van der Waals surface area contributed by atoms with Crippen molar-refractivity contribution >= 4 is 0 Å². The SMILES string of the molecule is Cc1ncc(CNCCC(F)(F)F)n1-c1ccccc1. The van der Waals surface area contributed by atoms with Crippen LogP contribution in [0, 0.1) is 6.92 Å². The molecule has 20 heavy (non-hydrogen) atoms. The van der Waals surface area contributed by atoms with Crippen molar-refractivity contribution in [3.8, 4) is 5.69 Å². The highest BCUT2D eigenvalue weighted by molar-refractivity contribution is 5.35. The second-order valence-corrected chi connectivity index (χ2v) is 4.51. The molecule has 1 aromatic carbocycles. The van der Waals surface area contributed by atoms with Crippen LogP contribution in [0.4, 0.5) is 13.2 Å². The molecule has 0 spiro atoms. The van der Waals surface area contributed by atoms with Crippen LogP contribution in [0.1, 0.15) is 17.9 Å². The van der Waals surface area contributed by atoms with Crippen LogP contribution in [0.5, 0.6) is 0 Å². The summed E-state index contributed by atoms with van der Waals surface area (Å²) in [4.78, 5) is 4.22. The van der Waals surface area contributed by atoms with Gasteiger partial charge in [-0.25, -0.2) is 4.98 Å². The average molecular weight is 283 g/mol. The first-order valence-corrected chi connectivity index (χ1v) is 6.33. The van der Waals surface area contributed by atoms with E-state index < -0.39 is 12.6 Å². The molecule has 0 atom stereocenters. The lowest BCUT2D eigenvalue weighted by Gasteiger charge is -2.11. The van der Waals surface area contributed by atoms with Crippen LogP contribution in [0.2, 0.25) is 0 Å². The van der Waals surface area contributed by atoms with Gasteiger partial charge in [0.1, 0.15) is 5.82 Å². The maximum absolute atomic E-state index is 12.1. The molecule has 108 valence electrons. The molecule has 6 heteroatoms. The maximum Gasteiger partial charge on any atom is 0.390 e. The van der Waals surface area contributed by atoms with E-state index in [9.17, 15) is 13.2 Å². The predicted octanol–water partition coefficient (Wildman–Crippen LogP) is 3.22. The van der Waals surface area contributed by atoms with E-state index in [2.05, 4.69) is 10.3 Å². The molecule has 1 N–H and O–H groups in total. The van der Waals surface area contributed by atoms with E-state index in [1.54, 1.807) is 6.20 Å². The fraction of sp³-hybridized carbons (Fsp3) is 0.357. The van der Waals surface area contributed by atoms with Gasteiger partial charge in [0, 0.05) is 18.8 Å². The van der Waals surface area contributed by atoms with Crippen molar-refractivity contribution < 1.29 is 13.2 Å². The van der Waals surface area contributed by atoms with Gasteiger partial charge in [-0.2, -0.15) is 13.2 Å². The van der Waals surface area contributed by atoms with E-state index in [0.29, 0.717) is 6.54 Å². The molecule has 1 heterocycles. The van der Waals surface area contributed by atoms with E-state index in [-0.39, 0.29) is 6.54 Å². The number of nitrogens with one attached hydrogen (secondary N) is 1. The second-order valence-electron chi connectivity index (χ2n) is 4.51. The average Bonchev–Trinajstić information content (AvgIpc) is 2.76. The molecule has 0 aliphatic heterocycles. The molecular formula is C14H16F3N3. The Balaban J connectivity index is 2.03. The lowest BCUT2D eigenvalue weighted by molar-refractivity contribution is -0.133. The van der Waals surface area contributed by atoms with Crippen LogP contribution in [0.25, 0.3) is 5.69 Å². The van der Waals surface area contributed by atoms with Gasteiger partial charge in [-0.15, -0.1) is 0 Å². The first-order chi connectivity index (χ1) is 9.47. The Bertz CT molecular complexity index is 547.